The van der Waals surface area contributed by atoms with Gasteiger partial charge in [0.15, 0.2) is 5.16 Å². The van der Waals surface area contributed by atoms with Crippen molar-refractivity contribution in [2.45, 2.75) is 10.9 Å². The summed E-state index contributed by atoms with van der Waals surface area (Å²) in [5.41, 5.74) is 3.04. The molecule has 0 saturated heterocycles. The molecular formula is C17H13Cl3N2S. The van der Waals surface area contributed by atoms with E-state index in [-0.39, 0.29) is 0 Å². The number of aromatic nitrogens is 2. The zero-order valence-corrected chi connectivity index (χ0v) is 15.3. The van der Waals surface area contributed by atoms with Crippen LogP contribution in [0.25, 0.3) is 11.3 Å². The molecule has 0 aliphatic rings. The van der Waals surface area contributed by atoms with Crippen molar-refractivity contribution in [3.05, 3.63) is 69.3 Å². The first-order valence-electron chi connectivity index (χ1n) is 6.89. The van der Waals surface area contributed by atoms with Gasteiger partial charge < -0.3 is 4.57 Å². The molecule has 0 saturated carbocycles. The molecule has 0 aliphatic carbocycles. The summed E-state index contributed by atoms with van der Waals surface area (Å²) in [5, 5.41) is 2.99. The van der Waals surface area contributed by atoms with Crippen LogP contribution in [-0.4, -0.2) is 9.55 Å². The SMILES string of the molecule is Cn1c(-c2ccc(Cl)cc2)cnc1SCc1c(Cl)cccc1Cl. The fraction of sp³-hybridized carbons (Fsp3) is 0.118. The van der Waals surface area contributed by atoms with Gasteiger partial charge in [0.05, 0.1) is 11.9 Å². The van der Waals surface area contributed by atoms with E-state index in [0.717, 1.165) is 27.0 Å². The van der Waals surface area contributed by atoms with Crippen LogP contribution >= 0.6 is 46.6 Å². The fourth-order valence-corrected chi connectivity index (χ4v) is 4.04. The Labute approximate surface area is 154 Å². The molecule has 2 nitrogen and oxygen atoms in total. The molecule has 2 aromatic carbocycles. The summed E-state index contributed by atoms with van der Waals surface area (Å²) in [6, 6.07) is 13.3. The van der Waals surface area contributed by atoms with Crippen LogP contribution in [0, 0.1) is 0 Å². The summed E-state index contributed by atoms with van der Waals surface area (Å²) < 4.78 is 2.05. The van der Waals surface area contributed by atoms with Gasteiger partial charge in [-0.1, -0.05) is 64.8 Å². The Morgan fingerprint density at radius 2 is 1.65 bits per heavy atom. The maximum Gasteiger partial charge on any atom is 0.168 e. The number of nitrogens with zero attached hydrogens (tertiary/aromatic N) is 2. The van der Waals surface area contributed by atoms with E-state index in [4.69, 9.17) is 34.8 Å². The van der Waals surface area contributed by atoms with Crippen LogP contribution in [0.3, 0.4) is 0 Å². The predicted octanol–water partition coefficient (Wildman–Crippen LogP) is 6.34. The molecule has 3 rings (SSSR count). The lowest BCUT2D eigenvalue weighted by atomic mass is 10.2. The molecule has 1 aromatic heterocycles. The van der Waals surface area contributed by atoms with Gasteiger partial charge in [-0.15, -0.1) is 0 Å². The highest BCUT2D eigenvalue weighted by atomic mass is 35.5. The monoisotopic (exact) mass is 382 g/mol. The molecule has 1 heterocycles. The van der Waals surface area contributed by atoms with Crippen molar-refractivity contribution in [1.82, 2.24) is 9.55 Å². The Morgan fingerprint density at radius 1 is 1.00 bits per heavy atom. The van der Waals surface area contributed by atoms with Crippen molar-refractivity contribution in [1.29, 1.82) is 0 Å². The first-order chi connectivity index (χ1) is 11.1. The van der Waals surface area contributed by atoms with Gasteiger partial charge >= 0.3 is 0 Å². The zero-order valence-electron chi connectivity index (χ0n) is 12.3. The van der Waals surface area contributed by atoms with Crippen molar-refractivity contribution >= 4 is 46.6 Å². The average Bonchev–Trinajstić information content (AvgIpc) is 2.89. The van der Waals surface area contributed by atoms with Gasteiger partial charge in [-0.25, -0.2) is 4.98 Å². The summed E-state index contributed by atoms with van der Waals surface area (Å²) >= 11 is 20.0. The number of hydrogen-bond donors (Lipinski definition) is 0. The molecule has 0 spiro atoms. The van der Waals surface area contributed by atoms with Crippen molar-refractivity contribution in [2.24, 2.45) is 7.05 Å². The quantitative estimate of drug-likeness (QED) is 0.489. The van der Waals surface area contributed by atoms with E-state index in [1.165, 1.54) is 0 Å². The van der Waals surface area contributed by atoms with Crippen LogP contribution in [0.1, 0.15) is 5.56 Å². The minimum absolute atomic E-state index is 0.670. The Balaban J connectivity index is 1.81. The average molecular weight is 384 g/mol. The van der Waals surface area contributed by atoms with E-state index >= 15 is 0 Å². The fourth-order valence-electron chi connectivity index (χ4n) is 2.22. The number of thioether (sulfide) groups is 1. The van der Waals surface area contributed by atoms with Crippen molar-refractivity contribution in [2.75, 3.05) is 0 Å². The predicted molar refractivity (Wildman–Crippen MR) is 99.7 cm³/mol. The topological polar surface area (TPSA) is 17.8 Å². The van der Waals surface area contributed by atoms with Crippen LogP contribution in [0.4, 0.5) is 0 Å². The molecule has 0 fully saturated rings. The standard InChI is InChI=1S/C17H13Cl3N2S/c1-22-16(11-5-7-12(18)8-6-11)9-21-17(22)23-10-13-14(19)3-2-4-15(13)20/h2-9H,10H2,1H3. The number of imidazole rings is 1. The molecule has 3 aromatic rings. The third-order valence-corrected chi connectivity index (χ3v) is 5.52. The normalized spacial score (nSPS) is 11.0. The molecule has 0 aliphatic heterocycles. The summed E-state index contributed by atoms with van der Waals surface area (Å²) in [6.07, 6.45) is 1.86. The maximum absolute atomic E-state index is 6.21. The lowest BCUT2D eigenvalue weighted by Crippen LogP contribution is -1.95. The first-order valence-corrected chi connectivity index (χ1v) is 9.01. The first kappa shape index (κ1) is 16.7. The van der Waals surface area contributed by atoms with Gasteiger partial charge in [-0.3, -0.25) is 0 Å². The van der Waals surface area contributed by atoms with Gasteiger partial charge in [0.2, 0.25) is 0 Å². The summed E-state index contributed by atoms with van der Waals surface area (Å²) in [5.74, 6) is 0.670. The lowest BCUT2D eigenvalue weighted by Gasteiger charge is -2.08. The smallest absolute Gasteiger partial charge is 0.168 e. The summed E-state index contributed by atoms with van der Waals surface area (Å²) in [6.45, 7) is 0. The lowest BCUT2D eigenvalue weighted by molar-refractivity contribution is 0.796. The summed E-state index contributed by atoms with van der Waals surface area (Å²) in [4.78, 5) is 4.50. The van der Waals surface area contributed by atoms with Crippen LogP contribution in [0.5, 0.6) is 0 Å². The highest BCUT2D eigenvalue weighted by molar-refractivity contribution is 7.98. The van der Waals surface area contributed by atoms with Gasteiger partial charge in [0.25, 0.3) is 0 Å². The van der Waals surface area contributed by atoms with E-state index in [2.05, 4.69) is 9.55 Å². The highest BCUT2D eigenvalue weighted by Gasteiger charge is 2.11. The van der Waals surface area contributed by atoms with Gasteiger partial charge in [-0.05, 0) is 35.4 Å². The van der Waals surface area contributed by atoms with Gasteiger partial charge in [0.1, 0.15) is 0 Å². The van der Waals surface area contributed by atoms with Crippen molar-refractivity contribution in [3.8, 4) is 11.3 Å². The van der Waals surface area contributed by atoms with Crippen molar-refractivity contribution < 1.29 is 0 Å². The molecule has 23 heavy (non-hydrogen) atoms. The van der Waals surface area contributed by atoms with Crippen LogP contribution in [0.2, 0.25) is 15.1 Å². The third-order valence-electron chi connectivity index (χ3n) is 3.49. The Bertz CT molecular complexity index is 808. The second kappa shape index (κ2) is 7.18. The van der Waals surface area contributed by atoms with Crippen LogP contribution in [-0.2, 0) is 12.8 Å². The number of halogens is 3. The van der Waals surface area contributed by atoms with E-state index in [9.17, 15) is 0 Å². The molecule has 0 atom stereocenters. The molecule has 0 bridgehead atoms. The second-order valence-corrected chi connectivity index (χ2v) is 7.17. The Morgan fingerprint density at radius 3 is 2.30 bits per heavy atom. The van der Waals surface area contributed by atoms with E-state index in [1.807, 2.05) is 55.7 Å². The largest absolute Gasteiger partial charge is 0.322 e. The molecule has 0 amide bonds. The van der Waals surface area contributed by atoms with E-state index in [1.54, 1.807) is 11.8 Å². The summed E-state index contributed by atoms with van der Waals surface area (Å²) in [7, 11) is 1.99. The number of benzene rings is 2. The molecule has 118 valence electrons. The number of hydrogen-bond acceptors (Lipinski definition) is 2. The van der Waals surface area contributed by atoms with Crippen LogP contribution in [0.15, 0.2) is 53.8 Å². The molecular weight excluding hydrogens is 371 g/mol. The number of rotatable bonds is 4. The highest BCUT2D eigenvalue weighted by Crippen LogP contribution is 2.32. The molecule has 6 heteroatoms. The third kappa shape index (κ3) is 3.69. The zero-order chi connectivity index (χ0) is 16.4. The van der Waals surface area contributed by atoms with Gasteiger partial charge in [-0.2, -0.15) is 0 Å². The van der Waals surface area contributed by atoms with E-state index < -0.39 is 0 Å². The van der Waals surface area contributed by atoms with Crippen molar-refractivity contribution in [3.63, 3.8) is 0 Å². The minimum Gasteiger partial charge on any atom is -0.322 e. The molecule has 0 unspecified atom stereocenters. The second-order valence-electron chi connectivity index (χ2n) is 4.98. The van der Waals surface area contributed by atoms with Gasteiger partial charge in [0, 0.05) is 27.9 Å². The maximum atomic E-state index is 6.21. The van der Waals surface area contributed by atoms with Crippen LogP contribution < -0.4 is 0 Å². The molecule has 0 N–H and O–H groups in total. The molecule has 0 radical (unpaired) electrons. The minimum atomic E-state index is 0.670. The van der Waals surface area contributed by atoms with E-state index in [0.29, 0.717) is 15.8 Å². The Kier molecular flexibility index (Phi) is 5.22. The Hall–Kier alpha value is -1.13.